The van der Waals surface area contributed by atoms with Crippen molar-refractivity contribution in [1.29, 1.82) is 0 Å². The SMILES string of the molecule is COc1ccc2c(C)c(CCC(=O)N(C)CCOc3cc(C)cc(C)c3)c(=O)oc2c1. The molecule has 0 saturated heterocycles. The highest BCUT2D eigenvalue weighted by Gasteiger charge is 2.15. The van der Waals surface area contributed by atoms with Crippen LogP contribution in [0.3, 0.4) is 0 Å². The second kappa shape index (κ2) is 9.69. The Hall–Kier alpha value is -3.28. The third kappa shape index (κ3) is 5.45. The lowest BCUT2D eigenvalue weighted by Crippen LogP contribution is -2.31. The van der Waals surface area contributed by atoms with Gasteiger partial charge in [-0.25, -0.2) is 4.79 Å². The van der Waals surface area contributed by atoms with E-state index in [2.05, 4.69) is 6.07 Å². The Balaban J connectivity index is 1.59. The third-order valence-electron chi connectivity index (χ3n) is 5.40. The minimum Gasteiger partial charge on any atom is -0.497 e. The van der Waals surface area contributed by atoms with E-state index in [1.807, 2.05) is 45.0 Å². The molecular formula is C25H29NO5. The van der Waals surface area contributed by atoms with Gasteiger partial charge in [0, 0.05) is 30.5 Å². The molecule has 0 spiro atoms. The summed E-state index contributed by atoms with van der Waals surface area (Å²) in [6.45, 7) is 6.81. The van der Waals surface area contributed by atoms with Crippen molar-refractivity contribution in [2.24, 2.45) is 0 Å². The molecule has 6 nitrogen and oxygen atoms in total. The Labute approximate surface area is 182 Å². The van der Waals surface area contributed by atoms with Gasteiger partial charge in [0.15, 0.2) is 0 Å². The van der Waals surface area contributed by atoms with Crippen LogP contribution in [0, 0.1) is 20.8 Å². The molecule has 1 aromatic heterocycles. The van der Waals surface area contributed by atoms with E-state index in [1.54, 1.807) is 25.1 Å². The van der Waals surface area contributed by atoms with Crippen LogP contribution in [0.15, 0.2) is 45.6 Å². The zero-order valence-electron chi connectivity index (χ0n) is 18.8. The van der Waals surface area contributed by atoms with Gasteiger partial charge in [0.1, 0.15) is 23.7 Å². The van der Waals surface area contributed by atoms with Gasteiger partial charge in [-0.05, 0) is 68.1 Å². The molecule has 1 heterocycles. The Morgan fingerprint density at radius 1 is 1.03 bits per heavy atom. The summed E-state index contributed by atoms with van der Waals surface area (Å²) in [7, 11) is 3.31. The molecule has 0 aliphatic rings. The van der Waals surface area contributed by atoms with Gasteiger partial charge in [0.05, 0.1) is 13.7 Å². The molecule has 0 atom stereocenters. The van der Waals surface area contributed by atoms with Gasteiger partial charge in [0.25, 0.3) is 0 Å². The van der Waals surface area contributed by atoms with E-state index < -0.39 is 5.63 Å². The summed E-state index contributed by atoms with van der Waals surface area (Å²) in [5.74, 6) is 1.39. The fourth-order valence-corrected chi connectivity index (χ4v) is 3.65. The van der Waals surface area contributed by atoms with Gasteiger partial charge >= 0.3 is 5.63 Å². The van der Waals surface area contributed by atoms with E-state index in [0.717, 1.165) is 27.8 Å². The maximum atomic E-state index is 12.6. The fourth-order valence-electron chi connectivity index (χ4n) is 3.65. The third-order valence-corrected chi connectivity index (χ3v) is 5.40. The molecule has 6 heteroatoms. The largest absolute Gasteiger partial charge is 0.497 e. The number of fused-ring (bicyclic) bond motifs is 1. The van der Waals surface area contributed by atoms with Crippen molar-refractivity contribution in [3.63, 3.8) is 0 Å². The van der Waals surface area contributed by atoms with Crippen LogP contribution in [0.2, 0.25) is 0 Å². The van der Waals surface area contributed by atoms with Crippen LogP contribution in [0.25, 0.3) is 11.0 Å². The van der Waals surface area contributed by atoms with Crippen LogP contribution in [0.4, 0.5) is 0 Å². The minimum absolute atomic E-state index is 0.0438. The Bertz CT molecular complexity index is 1130. The van der Waals surface area contributed by atoms with E-state index in [-0.39, 0.29) is 12.3 Å². The standard InChI is InChI=1S/C25H29NO5/c1-16-12-17(2)14-20(13-16)30-11-10-26(4)24(27)9-8-22-18(3)21-7-6-19(29-5)15-23(21)31-25(22)28/h6-7,12-15H,8-11H2,1-5H3. The Morgan fingerprint density at radius 3 is 2.42 bits per heavy atom. The van der Waals surface area contributed by atoms with Crippen LogP contribution in [0.5, 0.6) is 11.5 Å². The zero-order chi connectivity index (χ0) is 22.5. The fraction of sp³-hybridized carbons (Fsp3) is 0.360. The number of rotatable bonds is 8. The van der Waals surface area contributed by atoms with Crippen molar-refractivity contribution >= 4 is 16.9 Å². The van der Waals surface area contributed by atoms with Crippen LogP contribution in [0.1, 0.15) is 28.7 Å². The molecule has 0 bridgehead atoms. The van der Waals surface area contributed by atoms with Crippen molar-refractivity contribution in [1.82, 2.24) is 4.90 Å². The van der Waals surface area contributed by atoms with Crippen molar-refractivity contribution in [2.45, 2.75) is 33.6 Å². The molecule has 3 aromatic rings. The number of benzene rings is 2. The van der Waals surface area contributed by atoms with Crippen LogP contribution in [-0.2, 0) is 11.2 Å². The second-order valence-corrected chi connectivity index (χ2v) is 7.84. The second-order valence-electron chi connectivity index (χ2n) is 7.84. The van der Waals surface area contributed by atoms with E-state index in [9.17, 15) is 9.59 Å². The van der Waals surface area contributed by atoms with Gasteiger partial charge in [-0.1, -0.05) is 6.07 Å². The lowest BCUT2D eigenvalue weighted by Gasteiger charge is -2.18. The highest BCUT2D eigenvalue weighted by atomic mass is 16.5. The van der Waals surface area contributed by atoms with Crippen LogP contribution < -0.4 is 15.1 Å². The first-order valence-corrected chi connectivity index (χ1v) is 10.3. The summed E-state index contributed by atoms with van der Waals surface area (Å²) in [4.78, 5) is 26.7. The number of aryl methyl sites for hydroxylation is 3. The number of likely N-dealkylation sites (N-methyl/N-ethyl adjacent to an activating group) is 1. The number of nitrogens with zero attached hydrogens (tertiary/aromatic N) is 1. The molecule has 0 N–H and O–H groups in total. The summed E-state index contributed by atoms with van der Waals surface area (Å²) in [6, 6.07) is 11.4. The molecule has 0 fully saturated rings. The first kappa shape index (κ1) is 22.4. The quantitative estimate of drug-likeness (QED) is 0.508. The molecule has 3 rings (SSSR count). The number of hydrogen-bond donors (Lipinski definition) is 0. The molecule has 0 aliphatic heterocycles. The molecule has 31 heavy (non-hydrogen) atoms. The first-order valence-electron chi connectivity index (χ1n) is 10.3. The van der Waals surface area contributed by atoms with Crippen molar-refractivity contribution < 1.29 is 18.7 Å². The molecule has 0 aliphatic carbocycles. The van der Waals surface area contributed by atoms with E-state index >= 15 is 0 Å². The lowest BCUT2D eigenvalue weighted by atomic mass is 10.0. The van der Waals surface area contributed by atoms with Gasteiger partial charge < -0.3 is 18.8 Å². The number of ether oxygens (including phenoxy) is 2. The topological polar surface area (TPSA) is 69.0 Å². The number of carbonyl (C=O) groups is 1. The number of hydrogen-bond acceptors (Lipinski definition) is 5. The average molecular weight is 424 g/mol. The first-order chi connectivity index (χ1) is 14.8. The predicted molar refractivity (Wildman–Crippen MR) is 121 cm³/mol. The highest BCUT2D eigenvalue weighted by molar-refractivity contribution is 5.82. The summed E-state index contributed by atoms with van der Waals surface area (Å²) >= 11 is 0. The predicted octanol–water partition coefficient (Wildman–Crippen LogP) is 4.20. The summed E-state index contributed by atoms with van der Waals surface area (Å²) in [5, 5.41) is 0.845. The molecule has 2 aromatic carbocycles. The monoisotopic (exact) mass is 423 g/mol. The average Bonchev–Trinajstić information content (AvgIpc) is 2.72. The molecular weight excluding hydrogens is 394 g/mol. The molecule has 1 amide bonds. The van der Waals surface area contributed by atoms with E-state index in [4.69, 9.17) is 13.9 Å². The van der Waals surface area contributed by atoms with Gasteiger partial charge in [-0.15, -0.1) is 0 Å². The van der Waals surface area contributed by atoms with Crippen LogP contribution in [-0.4, -0.2) is 38.1 Å². The smallest absolute Gasteiger partial charge is 0.339 e. The van der Waals surface area contributed by atoms with Crippen molar-refractivity contribution in [3.05, 3.63) is 69.1 Å². The van der Waals surface area contributed by atoms with E-state index in [1.165, 1.54) is 0 Å². The van der Waals surface area contributed by atoms with Crippen molar-refractivity contribution in [2.75, 3.05) is 27.3 Å². The number of amides is 1. The Kier molecular flexibility index (Phi) is 7.00. The molecule has 164 valence electrons. The maximum absolute atomic E-state index is 12.6. The Morgan fingerprint density at radius 2 is 1.74 bits per heavy atom. The minimum atomic E-state index is -0.410. The normalized spacial score (nSPS) is 10.9. The van der Waals surface area contributed by atoms with E-state index in [0.29, 0.717) is 36.5 Å². The molecule has 0 radical (unpaired) electrons. The number of methoxy groups -OCH3 is 1. The highest BCUT2D eigenvalue weighted by Crippen LogP contribution is 2.24. The zero-order valence-corrected chi connectivity index (χ0v) is 18.8. The van der Waals surface area contributed by atoms with Gasteiger partial charge in [0.2, 0.25) is 5.91 Å². The van der Waals surface area contributed by atoms with Crippen molar-refractivity contribution in [3.8, 4) is 11.5 Å². The van der Waals surface area contributed by atoms with Gasteiger partial charge in [-0.2, -0.15) is 0 Å². The van der Waals surface area contributed by atoms with Crippen LogP contribution >= 0.6 is 0 Å². The summed E-state index contributed by atoms with van der Waals surface area (Å²) < 4.78 is 16.4. The molecule has 0 saturated carbocycles. The number of carbonyl (C=O) groups excluding carboxylic acids is 1. The molecule has 0 unspecified atom stereocenters. The summed E-state index contributed by atoms with van der Waals surface area (Å²) in [5.41, 5.74) is 3.72. The lowest BCUT2D eigenvalue weighted by molar-refractivity contribution is -0.130. The summed E-state index contributed by atoms with van der Waals surface area (Å²) in [6.07, 6.45) is 0.560. The maximum Gasteiger partial charge on any atom is 0.339 e. The van der Waals surface area contributed by atoms with Gasteiger partial charge in [-0.3, -0.25) is 4.79 Å².